The van der Waals surface area contributed by atoms with Crippen LogP contribution < -0.4 is 5.32 Å². The van der Waals surface area contributed by atoms with Crippen molar-refractivity contribution in [1.29, 1.82) is 10.5 Å². The van der Waals surface area contributed by atoms with Crippen molar-refractivity contribution in [3.05, 3.63) is 82.5 Å². The molecule has 1 N–H and O–H groups in total. The molecule has 0 radical (unpaired) electrons. The summed E-state index contributed by atoms with van der Waals surface area (Å²) in [6, 6.07) is 18.2. The molecule has 0 bridgehead atoms. The van der Waals surface area contributed by atoms with Gasteiger partial charge in [0.15, 0.2) is 11.6 Å². The van der Waals surface area contributed by atoms with E-state index >= 15 is 0 Å². The van der Waals surface area contributed by atoms with E-state index in [9.17, 15) is 10.1 Å². The van der Waals surface area contributed by atoms with Gasteiger partial charge in [-0.1, -0.05) is 24.3 Å². The molecule has 7 nitrogen and oxygen atoms in total. The molecule has 2 aromatic heterocycles. The number of aromatic nitrogens is 3. The molecule has 0 saturated heterocycles. The van der Waals surface area contributed by atoms with E-state index in [2.05, 4.69) is 16.5 Å². The van der Waals surface area contributed by atoms with Gasteiger partial charge < -0.3 is 5.32 Å². The monoisotopic (exact) mass is 392 g/mol. The predicted molar refractivity (Wildman–Crippen MR) is 112 cm³/mol. The molecule has 1 amide bonds. The van der Waals surface area contributed by atoms with Crippen LogP contribution in [0.25, 0.3) is 16.7 Å². The van der Waals surface area contributed by atoms with Crippen LogP contribution >= 0.6 is 0 Å². The minimum atomic E-state index is -0.445. The topological polar surface area (TPSA) is 107 Å². The lowest BCUT2D eigenvalue weighted by molar-refractivity contribution is 0.102. The molecule has 0 fully saturated rings. The minimum absolute atomic E-state index is 0.212. The summed E-state index contributed by atoms with van der Waals surface area (Å²) in [6.07, 6.45) is 1.39. The van der Waals surface area contributed by atoms with Gasteiger partial charge in [0.2, 0.25) is 0 Å². The highest BCUT2D eigenvalue weighted by Crippen LogP contribution is 2.25. The van der Waals surface area contributed by atoms with Crippen LogP contribution in [0.3, 0.4) is 0 Å². The van der Waals surface area contributed by atoms with Crippen molar-refractivity contribution in [2.45, 2.75) is 13.8 Å². The first-order valence-electron chi connectivity index (χ1n) is 9.19. The molecule has 2 heterocycles. The molecule has 0 atom stereocenters. The lowest BCUT2D eigenvalue weighted by Gasteiger charge is -2.12. The molecule has 144 valence electrons. The molecule has 7 heteroatoms. The average Bonchev–Trinajstić information content (AvgIpc) is 3.17. The first-order valence-corrected chi connectivity index (χ1v) is 9.19. The van der Waals surface area contributed by atoms with Crippen molar-refractivity contribution in [2.24, 2.45) is 0 Å². The normalized spacial score (nSPS) is 10.4. The van der Waals surface area contributed by atoms with Gasteiger partial charge in [-0.15, -0.1) is 0 Å². The van der Waals surface area contributed by atoms with Crippen LogP contribution in [0.4, 0.5) is 5.82 Å². The number of fused-ring (bicyclic) bond motifs is 1. The van der Waals surface area contributed by atoms with Gasteiger partial charge in [-0.05, 0) is 49.2 Å². The number of pyridine rings is 1. The van der Waals surface area contributed by atoms with E-state index in [-0.39, 0.29) is 11.4 Å². The van der Waals surface area contributed by atoms with E-state index in [1.54, 1.807) is 18.2 Å². The number of nitrogens with zero attached hydrogens (tertiary/aromatic N) is 5. The van der Waals surface area contributed by atoms with E-state index in [4.69, 9.17) is 10.2 Å². The molecule has 0 spiro atoms. The third-order valence-electron chi connectivity index (χ3n) is 4.83. The number of para-hydroxylation sites is 1. The number of benzene rings is 2. The van der Waals surface area contributed by atoms with Crippen LogP contribution in [0.15, 0.2) is 54.7 Å². The maximum atomic E-state index is 12.8. The van der Waals surface area contributed by atoms with Crippen molar-refractivity contribution in [3.8, 4) is 18.0 Å². The zero-order valence-corrected chi connectivity index (χ0v) is 16.3. The summed E-state index contributed by atoms with van der Waals surface area (Å²) in [4.78, 5) is 17.5. The zero-order chi connectivity index (χ0) is 21.3. The Morgan fingerprint density at radius 3 is 2.60 bits per heavy atom. The Labute approximate surface area is 172 Å². The van der Waals surface area contributed by atoms with E-state index in [0.29, 0.717) is 16.9 Å². The van der Waals surface area contributed by atoms with Crippen molar-refractivity contribution in [2.75, 3.05) is 5.32 Å². The van der Waals surface area contributed by atoms with Gasteiger partial charge in [0.25, 0.3) is 5.91 Å². The lowest BCUT2D eigenvalue weighted by atomic mass is 10.1. The van der Waals surface area contributed by atoms with Crippen molar-refractivity contribution < 1.29 is 4.79 Å². The second-order valence-corrected chi connectivity index (χ2v) is 6.85. The van der Waals surface area contributed by atoms with Crippen LogP contribution in [0.1, 0.15) is 32.6 Å². The second kappa shape index (κ2) is 7.50. The number of nitriles is 2. The summed E-state index contributed by atoms with van der Waals surface area (Å²) in [5.74, 6) is 0.278. The summed E-state index contributed by atoms with van der Waals surface area (Å²) < 4.78 is 1.45. The van der Waals surface area contributed by atoms with Gasteiger partial charge in [-0.25, -0.2) is 4.98 Å². The summed E-state index contributed by atoms with van der Waals surface area (Å²) in [7, 11) is 0. The Hall–Kier alpha value is -4.49. The largest absolute Gasteiger partial charge is 0.305 e. The molecular weight excluding hydrogens is 376 g/mol. The van der Waals surface area contributed by atoms with Crippen LogP contribution in [0.5, 0.6) is 0 Å². The number of carbonyl (C=O) groups excluding carboxylic acids is 1. The number of aryl methyl sites for hydroxylation is 2. The second-order valence-electron chi connectivity index (χ2n) is 6.85. The fraction of sp³-hybridized carbons (Fsp3) is 0.0870. The summed E-state index contributed by atoms with van der Waals surface area (Å²) in [5.41, 5.74) is 3.75. The molecule has 4 rings (SSSR count). The fourth-order valence-electron chi connectivity index (χ4n) is 3.29. The van der Waals surface area contributed by atoms with Crippen molar-refractivity contribution >= 4 is 22.6 Å². The molecule has 4 aromatic rings. The van der Waals surface area contributed by atoms with Gasteiger partial charge >= 0.3 is 0 Å². The third kappa shape index (κ3) is 3.25. The molecule has 2 aromatic carbocycles. The van der Waals surface area contributed by atoms with Gasteiger partial charge in [-0.3, -0.25) is 4.79 Å². The first-order chi connectivity index (χ1) is 14.5. The third-order valence-corrected chi connectivity index (χ3v) is 4.83. The van der Waals surface area contributed by atoms with Gasteiger partial charge in [0, 0.05) is 10.9 Å². The first kappa shape index (κ1) is 18.9. The SMILES string of the molecule is Cc1cc(-n2ncc(C#N)c2NC(=O)c2cccc(C#N)c2)nc2c(C)cccc12. The maximum absolute atomic E-state index is 12.8. The Bertz CT molecular complexity index is 1390. The summed E-state index contributed by atoms with van der Waals surface area (Å²) in [6.45, 7) is 3.96. The average molecular weight is 392 g/mol. The van der Waals surface area contributed by atoms with Gasteiger partial charge in [-0.2, -0.15) is 20.3 Å². The fourth-order valence-corrected chi connectivity index (χ4v) is 3.29. The molecule has 0 unspecified atom stereocenters. The number of rotatable bonds is 3. The zero-order valence-electron chi connectivity index (χ0n) is 16.3. The Balaban J connectivity index is 1.80. The highest BCUT2D eigenvalue weighted by Gasteiger charge is 2.18. The Kier molecular flexibility index (Phi) is 4.71. The highest BCUT2D eigenvalue weighted by atomic mass is 16.1. The minimum Gasteiger partial charge on any atom is -0.305 e. The van der Waals surface area contributed by atoms with Crippen LogP contribution in [0.2, 0.25) is 0 Å². The van der Waals surface area contributed by atoms with E-state index < -0.39 is 5.91 Å². The number of hydrogen-bond acceptors (Lipinski definition) is 5. The molecule has 30 heavy (non-hydrogen) atoms. The number of hydrogen-bond donors (Lipinski definition) is 1. The smallest absolute Gasteiger partial charge is 0.256 e. The standard InChI is InChI=1S/C23H16N6O/c1-14-5-3-8-19-15(2)9-20(27-21(14)19)29-22(18(12-25)13-26-29)28-23(30)17-7-4-6-16(10-17)11-24/h3-10,13H,1-2H3,(H,28,30). The quantitative estimate of drug-likeness (QED) is 0.566. The number of amides is 1. The van der Waals surface area contributed by atoms with E-state index in [0.717, 1.165) is 22.0 Å². The van der Waals surface area contributed by atoms with Crippen LogP contribution in [-0.2, 0) is 0 Å². The Morgan fingerprint density at radius 2 is 1.83 bits per heavy atom. The van der Waals surface area contributed by atoms with Crippen LogP contribution in [0, 0.1) is 36.5 Å². The van der Waals surface area contributed by atoms with Gasteiger partial charge in [0.1, 0.15) is 11.6 Å². The van der Waals surface area contributed by atoms with Crippen LogP contribution in [-0.4, -0.2) is 20.7 Å². The molecule has 0 aliphatic heterocycles. The maximum Gasteiger partial charge on any atom is 0.256 e. The molecule has 0 aliphatic carbocycles. The predicted octanol–water partition coefficient (Wildman–Crippen LogP) is 4.03. The van der Waals surface area contributed by atoms with E-state index in [1.807, 2.05) is 44.2 Å². The van der Waals surface area contributed by atoms with Gasteiger partial charge in [0.05, 0.1) is 23.3 Å². The number of carbonyl (C=O) groups is 1. The summed E-state index contributed by atoms with van der Waals surface area (Å²) in [5, 5.41) is 26.6. The molecular formula is C23H16N6O. The highest BCUT2D eigenvalue weighted by molar-refractivity contribution is 6.04. The van der Waals surface area contributed by atoms with Crippen molar-refractivity contribution in [1.82, 2.24) is 14.8 Å². The summed E-state index contributed by atoms with van der Waals surface area (Å²) >= 11 is 0. The lowest BCUT2D eigenvalue weighted by Crippen LogP contribution is -2.16. The Morgan fingerprint density at radius 1 is 1.03 bits per heavy atom. The molecule has 0 saturated carbocycles. The van der Waals surface area contributed by atoms with E-state index in [1.165, 1.54) is 16.9 Å². The number of nitrogens with one attached hydrogen (secondary N) is 1. The number of anilines is 1. The van der Waals surface area contributed by atoms with Crippen molar-refractivity contribution in [3.63, 3.8) is 0 Å². The molecule has 0 aliphatic rings.